The normalized spacial score (nSPS) is 24.1. The van der Waals surface area contributed by atoms with Gasteiger partial charge in [0.25, 0.3) is 0 Å². The van der Waals surface area contributed by atoms with Crippen LogP contribution in [0.3, 0.4) is 0 Å². The van der Waals surface area contributed by atoms with E-state index in [2.05, 4.69) is 24.3 Å². The van der Waals surface area contributed by atoms with Crippen molar-refractivity contribution < 1.29 is 29.9 Å². The van der Waals surface area contributed by atoms with E-state index >= 15 is 0 Å². The van der Waals surface area contributed by atoms with Crippen LogP contribution in [0.25, 0.3) is 11.1 Å². The Balaban J connectivity index is 1.46. The molecule has 0 aromatic heterocycles. The van der Waals surface area contributed by atoms with Gasteiger partial charge in [-0.05, 0) is 57.6 Å². The lowest BCUT2D eigenvalue weighted by Gasteiger charge is -2.35. The minimum absolute atomic E-state index is 0.126. The molecule has 4 aromatic rings. The molecule has 182 valence electrons. The van der Waals surface area contributed by atoms with E-state index in [1.807, 2.05) is 60.7 Å². The molecule has 4 atom stereocenters. The molecular weight excluding hydrogens is 456 g/mol. The van der Waals surface area contributed by atoms with Crippen LogP contribution in [0.4, 0.5) is 0 Å². The first-order valence-corrected chi connectivity index (χ1v) is 11.9. The van der Waals surface area contributed by atoms with Crippen LogP contribution >= 0.6 is 0 Å². The minimum Gasteiger partial charge on any atom is -0.508 e. The van der Waals surface area contributed by atoms with E-state index in [0.717, 1.165) is 33.4 Å². The number of phenolic OH excluding ortho intramolecular Hbond substituents is 1. The van der Waals surface area contributed by atoms with Gasteiger partial charge >= 0.3 is 0 Å². The van der Waals surface area contributed by atoms with Crippen LogP contribution < -0.4 is 4.74 Å². The average Bonchev–Trinajstić information content (AvgIpc) is 3.21. The Labute approximate surface area is 208 Å². The van der Waals surface area contributed by atoms with Crippen molar-refractivity contribution in [2.45, 2.75) is 30.0 Å². The molecule has 1 aliphatic heterocycles. The highest BCUT2D eigenvalue weighted by molar-refractivity contribution is 5.86. The summed E-state index contributed by atoms with van der Waals surface area (Å²) in [7, 11) is 0. The number of aromatic hydroxyl groups is 1. The Bertz CT molecular complexity index is 1340. The zero-order valence-electron chi connectivity index (χ0n) is 19.4. The van der Waals surface area contributed by atoms with Crippen LogP contribution in [-0.2, 0) is 10.2 Å². The van der Waals surface area contributed by atoms with Crippen molar-refractivity contribution in [1.29, 1.82) is 0 Å². The quantitative estimate of drug-likeness (QED) is 0.313. The van der Waals surface area contributed by atoms with Gasteiger partial charge in [-0.15, -0.1) is 0 Å². The first-order valence-electron chi connectivity index (χ1n) is 11.9. The summed E-state index contributed by atoms with van der Waals surface area (Å²) < 4.78 is 11.2. The number of rotatable bonds is 4. The predicted molar refractivity (Wildman–Crippen MR) is 134 cm³/mol. The van der Waals surface area contributed by atoms with Crippen LogP contribution in [0.1, 0.15) is 22.3 Å². The summed E-state index contributed by atoms with van der Waals surface area (Å²) in [5.74, 6) is 0.669. The van der Waals surface area contributed by atoms with Gasteiger partial charge in [-0.1, -0.05) is 72.8 Å². The highest BCUT2D eigenvalue weighted by Crippen LogP contribution is 2.56. The number of ether oxygens (including phenoxy) is 2. The van der Waals surface area contributed by atoms with Crippen molar-refractivity contribution in [3.63, 3.8) is 0 Å². The summed E-state index contributed by atoms with van der Waals surface area (Å²) in [5.41, 5.74) is 6.04. The molecule has 1 saturated heterocycles. The standard InChI is InChI=1S/C30H26O6/c31-20-13-9-18(10-14-20)30(24-7-3-1-5-22(24)23-6-2-4-8-25(23)30)19-11-15-21(16-12-19)36-29-28(34)27(33)26(32)17-35-29/h1-16,26-29,31-34H,17H2/t26-,27+,28-,29?/m1/s1. The van der Waals surface area contributed by atoms with Crippen molar-refractivity contribution in [3.05, 3.63) is 119 Å². The van der Waals surface area contributed by atoms with Gasteiger partial charge in [0.2, 0.25) is 6.29 Å². The summed E-state index contributed by atoms with van der Waals surface area (Å²) in [4.78, 5) is 0. The van der Waals surface area contributed by atoms with Crippen LogP contribution in [0.5, 0.6) is 11.5 Å². The highest BCUT2D eigenvalue weighted by atomic mass is 16.7. The lowest BCUT2D eigenvalue weighted by molar-refractivity contribution is -0.242. The fourth-order valence-corrected chi connectivity index (χ4v) is 5.54. The van der Waals surface area contributed by atoms with Crippen molar-refractivity contribution in [1.82, 2.24) is 0 Å². The lowest BCUT2D eigenvalue weighted by atomic mass is 9.68. The molecule has 6 rings (SSSR count). The van der Waals surface area contributed by atoms with Gasteiger partial charge in [0.15, 0.2) is 0 Å². The van der Waals surface area contributed by atoms with E-state index < -0.39 is 30.0 Å². The zero-order valence-corrected chi connectivity index (χ0v) is 19.4. The molecule has 1 unspecified atom stereocenters. The van der Waals surface area contributed by atoms with E-state index in [1.54, 1.807) is 12.1 Å². The second kappa shape index (κ2) is 8.76. The summed E-state index contributed by atoms with van der Waals surface area (Å²) in [6, 6.07) is 31.7. The van der Waals surface area contributed by atoms with Crippen molar-refractivity contribution >= 4 is 0 Å². The molecule has 6 heteroatoms. The Morgan fingerprint density at radius 2 is 1.19 bits per heavy atom. The van der Waals surface area contributed by atoms with Gasteiger partial charge < -0.3 is 29.9 Å². The molecule has 4 N–H and O–H groups in total. The van der Waals surface area contributed by atoms with Gasteiger partial charge in [-0.3, -0.25) is 0 Å². The second-order valence-corrected chi connectivity index (χ2v) is 9.28. The molecule has 4 aromatic carbocycles. The van der Waals surface area contributed by atoms with E-state index in [9.17, 15) is 20.4 Å². The largest absolute Gasteiger partial charge is 0.508 e. The monoisotopic (exact) mass is 482 g/mol. The van der Waals surface area contributed by atoms with E-state index in [0.29, 0.717) is 5.75 Å². The van der Waals surface area contributed by atoms with Crippen LogP contribution in [0, 0.1) is 0 Å². The second-order valence-electron chi connectivity index (χ2n) is 9.28. The fourth-order valence-electron chi connectivity index (χ4n) is 5.54. The number of phenols is 1. The third-order valence-corrected chi connectivity index (χ3v) is 7.25. The number of aliphatic hydroxyl groups is 3. The maximum atomic E-state index is 10.2. The number of hydrogen-bond acceptors (Lipinski definition) is 6. The van der Waals surface area contributed by atoms with Gasteiger partial charge in [0.05, 0.1) is 12.0 Å². The molecular formula is C30H26O6. The predicted octanol–water partition coefficient (Wildman–Crippen LogP) is 3.57. The Morgan fingerprint density at radius 3 is 1.78 bits per heavy atom. The molecule has 0 spiro atoms. The lowest BCUT2D eigenvalue weighted by Crippen LogP contribution is -2.54. The van der Waals surface area contributed by atoms with Crippen LogP contribution in [0.2, 0.25) is 0 Å². The first-order chi connectivity index (χ1) is 17.5. The van der Waals surface area contributed by atoms with Crippen LogP contribution in [0.15, 0.2) is 97.1 Å². The Kier molecular flexibility index (Phi) is 5.54. The topological polar surface area (TPSA) is 99.4 Å². The number of fused-ring (bicyclic) bond motifs is 3. The number of hydrogen-bond donors (Lipinski definition) is 4. The van der Waals surface area contributed by atoms with Crippen molar-refractivity contribution in [3.8, 4) is 22.6 Å². The molecule has 2 aliphatic rings. The molecule has 36 heavy (non-hydrogen) atoms. The van der Waals surface area contributed by atoms with Crippen molar-refractivity contribution in [2.75, 3.05) is 6.61 Å². The van der Waals surface area contributed by atoms with Crippen molar-refractivity contribution in [2.24, 2.45) is 0 Å². The average molecular weight is 483 g/mol. The van der Waals surface area contributed by atoms with E-state index in [4.69, 9.17) is 9.47 Å². The van der Waals surface area contributed by atoms with E-state index in [-0.39, 0.29) is 12.4 Å². The maximum absolute atomic E-state index is 10.2. The molecule has 0 radical (unpaired) electrons. The molecule has 6 nitrogen and oxygen atoms in total. The molecule has 1 fully saturated rings. The van der Waals surface area contributed by atoms with Gasteiger partial charge in [-0.2, -0.15) is 0 Å². The molecule has 0 saturated carbocycles. The Hall–Kier alpha value is -3.68. The summed E-state index contributed by atoms with van der Waals surface area (Å²) in [6.07, 6.45) is -4.96. The molecule has 0 amide bonds. The smallest absolute Gasteiger partial charge is 0.228 e. The fraction of sp³-hybridized carbons (Fsp3) is 0.200. The summed E-state index contributed by atoms with van der Waals surface area (Å²) >= 11 is 0. The summed E-state index contributed by atoms with van der Waals surface area (Å²) in [5, 5.41) is 39.9. The minimum atomic E-state index is -1.37. The van der Waals surface area contributed by atoms with Crippen LogP contribution in [-0.4, -0.2) is 51.6 Å². The third kappa shape index (κ3) is 3.42. The van der Waals surface area contributed by atoms with E-state index in [1.165, 1.54) is 0 Å². The first kappa shape index (κ1) is 22.8. The number of benzene rings is 4. The molecule has 1 aliphatic carbocycles. The maximum Gasteiger partial charge on any atom is 0.228 e. The van der Waals surface area contributed by atoms with Gasteiger partial charge in [-0.25, -0.2) is 0 Å². The molecule has 0 bridgehead atoms. The van der Waals surface area contributed by atoms with Gasteiger partial charge in [0.1, 0.15) is 29.8 Å². The Morgan fingerprint density at radius 1 is 0.667 bits per heavy atom. The highest BCUT2D eigenvalue weighted by Gasteiger charge is 2.46. The molecule has 1 heterocycles. The summed E-state index contributed by atoms with van der Waals surface area (Å²) in [6.45, 7) is -0.126. The SMILES string of the molecule is Oc1ccc(C2(c3ccc(OC4OC[C@@H](O)[C@H](O)[C@H]4O)cc3)c3ccccc3-c3ccccc32)cc1. The third-order valence-electron chi connectivity index (χ3n) is 7.25. The zero-order chi connectivity index (χ0) is 24.9. The number of aliphatic hydroxyl groups excluding tert-OH is 3. The van der Waals surface area contributed by atoms with Gasteiger partial charge in [0, 0.05) is 0 Å².